The van der Waals surface area contributed by atoms with E-state index in [1.165, 1.54) is 6.07 Å². The van der Waals surface area contributed by atoms with Gasteiger partial charge in [0.25, 0.3) is 0 Å². The number of nitrogens with one attached hydrogen (secondary N) is 2. The number of rotatable bonds is 3. The molecule has 2 aromatic rings. The number of aliphatic hydroxyl groups is 1. The Morgan fingerprint density at radius 1 is 1.27 bits per heavy atom. The molecule has 0 aliphatic carbocycles. The molecule has 138 valence electrons. The molecule has 3 rings (SSSR count). The molecule has 1 fully saturated rings. The second-order valence-corrected chi connectivity index (χ2v) is 7.98. The number of thiophene rings is 1. The molecule has 0 spiro atoms. The summed E-state index contributed by atoms with van der Waals surface area (Å²) in [4.78, 5) is 13.0. The van der Waals surface area contributed by atoms with Crippen LogP contribution >= 0.6 is 39.5 Å². The van der Waals surface area contributed by atoms with Crippen LogP contribution in [0.3, 0.4) is 0 Å². The quantitative estimate of drug-likeness (QED) is 0.476. The first-order chi connectivity index (χ1) is 12.1. The van der Waals surface area contributed by atoms with Gasteiger partial charge < -0.3 is 15.7 Å². The van der Waals surface area contributed by atoms with Crippen molar-refractivity contribution in [3.8, 4) is 0 Å². The third-order valence-corrected chi connectivity index (χ3v) is 5.71. The van der Waals surface area contributed by atoms with Crippen LogP contribution in [0.15, 0.2) is 46.3 Å². The third kappa shape index (κ3) is 3.38. The van der Waals surface area contributed by atoms with Crippen LogP contribution in [-0.2, 0) is 0 Å². The number of ketones is 1. The highest BCUT2D eigenvalue weighted by molar-refractivity contribution is 9.10. The average molecular weight is 465 g/mol. The predicted octanol–water partition coefficient (Wildman–Crippen LogP) is 3.78. The Morgan fingerprint density at radius 2 is 1.92 bits per heavy atom. The summed E-state index contributed by atoms with van der Waals surface area (Å²) < 4.78 is 42.0. The molecule has 1 aliphatic rings. The SMILES string of the molecule is O=C(c1cccs1)[C@H]1[C@@H](c2ccc(Br)cc2)NC(=S)N[C@@]1(O)C(F)(F)F. The summed E-state index contributed by atoms with van der Waals surface area (Å²) in [5, 5.41) is 16.3. The van der Waals surface area contributed by atoms with Crippen LogP contribution in [0, 0.1) is 5.92 Å². The molecule has 10 heteroatoms. The van der Waals surface area contributed by atoms with Crippen molar-refractivity contribution in [1.82, 2.24) is 10.6 Å². The summed E-state index contributed by atoms with van der Waals surface area (Å²) in [6, 6.07) is 8.26. The number of alkyl halides is 3. The van der Waals surface area contributed by atoms with Gasteiger partial charge in [-0.15, -0.1) is 11.3 Å². The van der Waals surface area contributed by atoms with E-state index in [0.29, 0.717) is 5.56 Å². The van der Waals surface area contributed by atoms with Gasteiger partial charge in [0.05, 0.1) is 10.9 Å². The van der Waals surface area contributed by atoms with E-state index >= 15 is 0 Å². The zero-order valence-corrected chi connectivity index (χ0v) is 16.1. The van der Waals surface area contributed by atoms with Gasteiger partial charge in [-0.3, -0.25) is 4.79 Å². The molecule has 1 aromatic heterocycles. The summed E-state index contributed by atoms with van der Waals surface area (Å²) in [7, 11) is 0. The van der Waals surface area contributed by atoms with E-state index in [0.717, 1.165) is 15.8 Å². The Morgan fingerprint density at radius 3 is 2.46 bits per heavy atom. The van der Waals surface area contributed by atoms with Crippen LogP contribution in [0.4, 0.5) is 13.2 Å². The number of hydrogen-bond acceptors (Lipinski definition) is 4. The predicted molar refractivity (Wildman–Crippen MR) is 98.9 cm³/mol. The van der Waals surface area contributed by atoms with Gasteiger partial charge in [-0.1, -0.05) is 34.1 Å². The smallest absolute Gasteiger partial charge is 0.363 e. The fraction of sp³-hybridized carbons (Fsp3) is 0.250. The Hall–Kier alpha value is -1.49. The van der Waals surface area contributed by atoms with Gasteiger partial charge in [0.1, 0.15) is 5.92 Å². The van der Waals surface area contributed by atoms with E-state index in [9.17, 15) is 23.1 Å². The minimum Gasteiger partial charge on any atom is -0.363 e. The fourth-order valence-electron chi connectivity index (χ4n) is 2.86. The number of carbonyl (C=O) groups is 1. The summed E-state index contributed by atoms with van der Waals surface area (Å²) in [5.74, 6) is -2.69. The number of benzene rings is 1. The van der Waals surface area contributed by atoms with Gasteiger partial charge in [-0.2, -0.15) is 13.2 Å². The molecule has 4 nitrogen and oxygen atoms in total. The molecule has 26 heavy (non-hydrogen) atoms. The highest BCUT2D eigenvalue weighted by Gasteiger charge is 2.65. The van der Waals surface area contributed by atoms with Gasteiger partial charge in [0.15, 0.2) is 10.9 Å². The maximum Gasteiger partial charge on any atom is 0.437 e. The molecule has 0 bridgehead atoms. The van der Waals surface area contributed by atoms with E-state index < -0.39 is 29.6 Å². The summed E-state index contributed by atoms with van der Waals surface area (Å²) in [6.07, 6.45) is -5.12. The lowest BCUT2D eigenvalue weighted by Crippen LogP contribution is -2.72. The molecule has 0 saturated carbocycles. The second-order valence-electron chi connectivity index (χ2n) is 5.71. The Labute approximate surface area is 164 Å². The van der Waals surface area contributed by atoms with Crippen LogP contribution in [0.1, 0.15) is 21.3 Å². The third-order valence-electron chi connectivity index (χ3n) is 4.08. The van der Waals surface area contributed by atoms with Crippen molar-refractivity contribution in [3.63, 3.8) is 0 Å². The maximum absolute atomic E-state index is 13.7. The topological polar surface area (TPSA) is 61.4 Å². The molecule has 2 heterocycles. The van der Waals surface area contributed by atoms with Crippen molar-refractivity contribution < 1.29 is 23.1 Å². The van der Waals surface area contributed by atoms with Crippen molar-refractivity contribution in [2.24, 2.45) is 5.92 Å². The van der Waals surface area contributed by atoms with Gasteiger partial charge >= 0.3 is 6.18 Å². The molecule has 0 radical (unpaired) electrons. The van der Waals surface area contributed by atoms with Gasteiger partial charge in [0, 0.05) is 4.47 Å². The van der Waals surface area contributed by atoms with E-state index in [-0.39, 0.29) is 9.99 Å². The van der Waals surface area contributed by atoms with Crippen LogP contribution in [0.2, 0.25) is 0 Å². The van der Waals surface area contributed by atoms with Crippen LogP contribution in [0.5, 0.6) is 0 Å². The standard InChI is InChI=1S/C16H12BrF3N2O2S2/c17-9-5-3-8(4-6-9)12-11(13(23)10-2-1-7-26-10)15(24,16(18,19)20)22-14(25)21-12/h1-7,11-12,24H,(H2,21,22,25)/t11-,12-,15+/m1/s1. The zero-order chi connectivity index (χ0) is 19.1. The Bertz CT molecular complexity index is 827. The lowest BCUT2D eigenvalue weighted by molar-refractivity contribution is -0.285. The minimum atomic E-state index is -5.12. The molecular formula is C16H12BrF3N2O2S2. The van der Waals surface area contributed by atoms with E-state index in [1.807, 2.05) is 5.32 Å². The highest BCUT2D eigenvalue weighted by Crippen LogP contribution is 2.44. The van der Waals surface area contributed by atoms with Gasteiger partial charge in [-0.05, 0) is 41.4 Å². The molecular weight excluding hydrogens is 453 g/mol. The minimum absolute atomic E-state index is 0.121. The molecule has 3 N–H and O–H groups in total. The van der Waals surface area contributed by atoms with Crippen molar-refractivity contribution in [1.29, 1.82) is 0 Å². The molecule has 1 saturated heterocycles. The normalized spacial score (nSPS) is 26.1. The summed E-state index contributed by atoms with van der Waals surface area (Å²) in [5.41, 5.74) is -3.09. The number of thiocarbonyl (C=S) groups is 1. The Balaban J connectivity index is 2.14. The molecule has 1 aromatic carbocycles. The average Bonchev–Trinajstić information content (AvgIpc) is 3.08. The van der Waals surface area contributed by atoms with Gasteiger partial charge in [0.2, 0.25) is 5.72 Å². The maximum atomic E-state index is 13.7. The summed E-state index contributed by atoms with van der Waals surface area (Å²) >= 11 is 9.14. The van der Waals surface area contributed by atoms with E-state index in [1.54, 1.807) is 35.7 Å². The zero-order valence-electron chi connectivity index (χ0n) is 12.9. The van der Waals surface area contributed by atoms with Crippen LogP contribution in [-0.4, -0.2) is 27.9 Å². The lowest BCUT2D eigenvalue weighted by Gasteiger charge is -2.46. The summed E-state index contributed by atoms with van der Waals surface area (Å²) in [6.45, 7) is 0. The molecule has 3 atom stereocenters. The molecule has 0 amide bonds. The van der Waals surface area contributed by atoms with Crippen molar-refractivity contribution in [2.75, 3.05) is 0 Å². The fourth-order valence-corrected chi connectivity index (χ4v) is 4.11. The van der Waals surface area contributed by atoms with Crippen molar-refractivity contribution in [2.45, 2.75) is 17.9 Å². The first kappa shape index (κ1) is 19.3. The van der Waals surface area contributed by atoms with Crippen LogP contribution in [0.25, 0.3) is 0 Å². The first-order valence-corrected chi connectivity index (χ1v) is 9.42. The highest BCUT2D eigenvalue weighted by atomic mass is 79.9. The second kappa shape index (κ2) is 6.91. The Kier molecular flexibility index (Phi) is 5.13. The van der Waals surface area contributed by atoms with Crippen molar-refractivity contribution >= 4 is 50.4 Å². The number of hydrogen-bond donors (Lipinski definition) is 3. The lowest BCUT2D eigenvalue weighted by atomic mass is 9.79. The number of carbonyl (C=O) groups excluding carboxylic acids is 1. The number of halogens is 4. The first-order valence-electron chi connectivity index (χ1n) is 7.34. The van der Waals surface area contributed by atoms with E-state index in [4.69, 9.17) is 12.2 Å². The monoisotopic (exact) mass is 464 g/mol. The molecule has 1 aliphatic heterocycles. The largest absolute Gasteiger partial charge is 0.437 e. The van der Waals surface area contributed by atoms with Crippen LogP contribution < -0.4 is 10.6 Å². The molecule has 0 unspecified atom stereocenters. The van der Waals surface area contributed by atoms with Gasteiger partial charge in [-0.25, -0.2) is 0 Å². The van der Waals surface area contributed by atoms with Crippen molar-refractivity contribution in [3.05, 3.63) is 56.7 Å². The van der Waals surface area contributed by atoms with E-state index in [2.05, 4.69) is 21.2 Å². The number of Topliss-reactive ketones (excluding diaryl/α,β-unsaturated/α-hetero) is 1.